The Morgan fingerprint density at radius 2 is 2.00 bits per heavy atom. The quantitative estimate of drug-likeness (QED) is 0.336. The first-order valence-corrected chi connectivity index (χ1v) is 10.4. The highest BCUT2D eigenvalue weighted by atomic mass is 31.0. The molecule has 144 valence electrons. The van der Waals surface area contributed by atoms with Crippen LogP contribution >= 0.6 is 9.39 Å². The van der Waals surface area contributed by atoms with Gasteiger partial charge in [-0.25, -0.2) is 0 Å². The fraction of sp³-hybridized carbons (Fsp3) is 0.650. The maximum Gasteiger partial charge on any atom is 0.169 e. The van der Waals surface area contributed by atoms with Crippen LogP contribution in [0.1, 0.15) is 37.7 Å². The number of ketones is 1. The molecular weight excluding hydrogens is 359 g/mol. The topological polar surface area (TPSA) is 89.3 Å². The normalized spacial score (nSPS) is 34.5. The first-order valence-electron chi connectivity index (χ1n) is 9.89. The molecular formula is C20H27N4O2P. The van der Waals surface area contributed by atoms with Gasteiger partial charge in [-0.2, -0.15) is 0 Å². The van der Waals surface area contributed by atoms with Crippen molar-refractivity contribution in [3.8, 4) is 0 Å². The van der Waals surface area contributed by atoms with Crippen molar-refractivity contribution in [3.05, 3.63) is 46.3 Å². The molecule has 1 aromatic rings. The van der Waals surface area contributed by atoms with Crippen molar-refractivity contribution in [2.75, 3.05) is 13.1 Å². The number of nitrogens with zero attached hydrogens (tertiary/aromatic N) is 4. The first kappa shape index (κ1) is 18.9. The molecule has 1 N–H and O–H groups in total. The SMILES string of the molecule is [N-]=[N+]=NC1CCC([C@](O)(C(=O)CCC2[C@H]3CN(P)C[C@@H]23)c2ccccc2)C1. The van der Waals surface area contributed by atoms with Crippen molar-refractivity contribution in [1.82, 2.24) is 4.67 Å². The summed E-state index contributed by atoms with van der Waals surface area (Å²) in [7, 11) is 2.77. The van der Waals surface area contributed by atoms with Gasteiger partial charge in [0.25, 0.3) is 0 Å². The number of aliphatic hydroxyl groups is 1. The predicted molar refractivity (Wildman–Crippen MR) is 107 cm³/mol. The molecule has 0 spiro atoms. The number of carbonyl (C=O) groups excluding carboxylic acids is 1. The first-order chi connectivity index (χ1) is 13.0. The summed E-state index contributed by atoms with van der Waals surface area (Å²) in [4.78, 5) is 16.2. The number of hydrogen-bond donors (Lipinski definition) is 1. The predicted octanol–water partition coefficient (Wildman–Crippen LogP) is 3.67. The number of carbonyl (C=O) groups is 1. The van der Waals surface area contributed by atoms with Crippen LogP contribution in [0.2, 0.25) is 0 Å². The lowest BCUT2D eigenvalue weighted by atomic mass is 9.75. The third kappa shape index (κ3) is 3.52. The van der Waals surface area contributed by atoms with Crippen LogP contribution < -0.4 is 0 Å². The third-order valence-electron chi connectivity index (χ3n) is 6.95. The van der Waals surface area contributed by atoms with E-state index in [1.165, 1.54) is 0 Å². The van der Waals surface area contributed by atoms with Gasteiger partial charge in [-0.15, -0.1) is 0 Å². The van der Waals surface area contributed by atoms with Crippen LogP contribution in [0.5, 0.6) is 0 Å². The Morgan fingerprint density at radius 3 is 2.67 bits per heavy atom. The second-order valence-corrected chi connectivity index (χ2v) is 9.14. The lowest BCUT2D eigenvalue weighted by molar-refractivity contribution is -0.145. The molecule has 0 aromatic heterocycles. The van der Waals surface area contributed by atoms with E-state index in [2.05, 4.69) is 24.1 Å². The van der Waals surface area contributed by atoms with E-state index in [1.54, 1.807) is 0 Å². The van der Waals surface area contributed by atoms with E-state index >= 15 is 0 Å². The summed E-state index contributed by atoms with van der Waals surface area (Å²) >= 11 is 0. The standard InChI is InChI=1S/C20H27N4O2P/c21-23-22-15-7-6-14(10-15)20(26,13-4-2-1-3-5-13)19(25)9-8-16-17-11-24(27)12-18(16)17/h1-5,14-18,26H,6-12,27H2/t14?,15?,16?,17-,18+,20-/m0/s1. The van der Waals surface area contributed by atoms with E-state index in [4.69, 9.17) is 5.53 Å². The zero-order valence-electron chi connectivity index (χ0n) is 15.4. The summed E-state index contributed by atoms with van der Waals surface area (Å²) in [5.74, 6) is 1.81. The van der Waals surface area contributed by atoms with E-state index in [0.29, 0.717) is 30.7 Å². The number of azide groups is 1. The molecule has 3 aliphatic rings. The molecule has 3 fully saturated rings. The van der Waals surface area contributed by atoms with E-state index in [-0.39, 0.29) is 17.7 Å². The van der Waals surface area contributed by atoms with Crippen molar-refractivity contribution in [2.45, 2.75) is 43.7 Å². The van der Waals surface area contributed by atoms with Crippen molar-refractivity contribution < 1.29 is 9.90 Å². The van der Waals surface area contributed by atoms with E-state index in [9.17, 15) is 9.90 Å². The van der Waals surface area contributed by atoms with E-state index < -0.39 is 5.60 Å². The van der Waals surface area contributed by atoms with Crippen molar-refractivity contribution in [3.63, 3.8) is 0 Å². The molecule has 6 nitrogen and oxygen atoms in total. The van der Waals surface area contributed by atoms with Crippen molar-refractivity contribution in [1.29, 1.82) is 0 Å². The van der Waals surface area contributed by atoms with Crippen LogP contribution in [-0.2, 0) is 10.4 Å². The Hall–Kier alpha value is -1.45. The maximum atomic E-state index is 13.3. The van der Waals surface area contributed by atoms with Gasteiger partial charge in [0.15, 0.2) is 11.4 Å². The zero-order valence-corrected chi connectivity index (χ0v) is 16.6. The molecule has 0 bridgehead atoms. The Bertz CT molecular complexity index is 742. The second-order valence-electron chi connectivity index (χ2n) is 8.41. The molecule has 2 saturated carbocycles. The average molecular weight is 386 g/mol. The van der Waals surface area contributed by atoms with Crippen LogP contribution in [0, 0.1) is 23.7 Å². The minimum Gasteiger partial charge on any atom is -0.377 e. The van der Waals surface area contributed by atoms with Crippen LogP contribution in [0.3, 0.4) is 0 Å². The molecule has 1 aliphatic heterocycles. The third-order valence-corrected chi connectivity index (χ3v) is 7.38. The van der Waals surface area contributed by atoms with Gasteiger partial charge in [-0.1, -0.05) is 44.8 Å². The average Bonchev–Trinajstić information content (AvgIpc) is 3.03. The number of Topliss-reactive ketones (excluding diaryl/α,β-unsaturated/α-hetero) is 1. The minimum atomic E-state index is -1.47. The van der Waals surface area contributed by atoms with Gasteiger partial charge in [0, 0.05) is 30.5 Å². The van der Waals surface area contributed by atoms with Gasteiger partial charge in [0.2, 0.25) is 0 Å². The summed E-state index contributed by atoms with van der Waals surface area (Å²) in [6.07, 6.45) is 3.29. The molecule has 4 unspecified atom stereocenters. The highest BCUT2D eigenvalue weighted by molar-refractivity contribution is 7.13. The van der Waals surface area contributed by atoms with Crippen LogP contribution in [-0.4, -0.2) is 34.7 Å². The molecule has 1 saturated heterocycles. The lowest BCUT2D eigenvalue weighted by Gasteiger charge is -2.33. The van der Waals surface area contributed by atoms with Gasteiger partial charge >= 0.3 is 0 Å². The summed E-state index contributed by atoms with van der Waals surface area (Å²) < 4.78 is 2.28. The van der Waals surface area contributed by atoms with Crippen molar-refractivity contribution in [2.24, 2.45) is 28.8 Å². The largest absolute Gasteiger partial charge is 0.377 e. The Balaban J connectivity index is 1.48. The maximum absolute atomic E-state index is 13.3. The van der Waals surface area contributed by atoms with Crippen LogP contribution in [0.4, 0.5) is 0 Å². The molecule has 7 heteroatoms. The minimum absolute atomic E-state index is 0.0759. The number of piperidine rings is 1. The number of fused-ring (bicyclic) bond motifs is 1. The Labute approximate surface area is 162 Å². The second kappa shape index (κ2) is 7.52. The number of hydrogen-bond acceptors (Lipinski definition) is 4. The molecule has 2 aliphatic carbocycles. The van der Waals surface area contributed by atoms with Gasteiger partial charge in [0.05, 0.1) is 0 Å². The lowest BCUT2D eigenvalue weighted by Crippen LogP contribution is -2.42. The Morgan fingerprint density at radius 1 is 1.30 bits per heavy atom. The summed E-state index contributed by atoms with van der Waals surface area (Å²) in [5.41, 5.74) is 7.92. The van der Waals surface area contributed by atoms with Crippen molar-refractivity contribution >= 4 is 15.2 Å². The molecule has 0 radical (unpaired) electrons. The highest BCUT2D eigenvalue weighted by Crippen LogP contribution is 2.55. The number of rotatable bonds is 7. The number of benzene rings is 1. The molecule has 1 aromatic carbocycles. The van der Waals surface area contributed by atoms with E-state index in [0.717, 1.165) is 37.8 Å². The fourth-order valence-corrected chi connectivity index (χ4v) is 5.92. The van der Waals surface area contributed by atoms with Crippen LogP contribution in [0.15, 0.2) is 35.4 Å². The molecule has 0 amide bonds. The molecule has 27 heavy (non-hydrogen) atoms. The molecule has 4 rings (SSSR count). The van der Waals surface area contributed by atoms with Crippen LogP contribution in [0.25, 0.3) is 10.4 Å². The van der Waals surface area contributed by atoms with E-state index in [1.807, 2.05) is 30.3 Å². The monoisotopic (exact) mass is 386 g/mol. The summed E-state index contributed by atoms with van der Waals surface area (Å²) in [5, 5.41) is 15.4. The summed E-state index contributed by atoms with van der Waals surface area (Å²) in [6, 6.07) is 9.19. The van der Waals surface area contributed by atoms with Gasteiger partial charge in [-0.3, -0.25) is 9.46 Å². The van der Waals surface area contributed by atoms with Gasteiger partial charge in [-0.05, 0) is 60.4 Å². The van der Waals surface area contributed by atoms with Gasteiger partial charge < -0.3 is 5.11 Å². The molecule has 7 atom stereocenters. The molecule has 1 heterocycles. The smallest absolute Gasteiger partial charge is 0.169 e. The zero-order chi connectivity index (χ0) is 19.0. The summed E-state index contributed by atoms with van der Waals surface area (Å²) in [6.45, 7) is 2.21. The van der Waals surface area contributed by atoms with Gasteiger partial charge in [0.1, 0.15) is 0 Å². The highest BCUT2D eigenvalue weighted by Gasteiger charge is 2.55. The fourth-order valence-electron chi connectivity index (χ4n) is 5.43. The Kier molecular flexibility index (Phi) is 5.26.